The van der Waals surface area contributed by atoms with Gasteiger partial charge in [0.1, 0.15) is 0 Å². The Hall–Kier alpha value is -3.53. The van der Waals surface area contributed by atoms with Crippen LogP contribution < -0.4 is 0 Å². The summed E-state index contributed by atoms with van der Waals surface area (Å²) >= 11 is 0. The Morgan fingerprint density at radius 2 is 1.37 bits per heavy atom. The first-order valence-electron chi connectivity index (χ1n) is 8.46. The first-order valence-corrected chi connectivity index (χ1v) is 8.46. The van der Waals surface area contributed by atoms with Gasteiger partial charge in [-0.2, -0.15) is 0 Å². The second-order valence-electron chi connectivity index (χ2n) is 6.18. The molecule has 1 aromatic heterocycles. The molecule has 0 fully saturated rings. The van der Waals surface area contributed by atoms with Crippen molar-refractivity contribution in [2.75, 3.05) is 0 Å². The molecule has 0 aliphatic carbocycles. The summed E-state index contributed by atoms with van der Waals surface area (Å²) in [7, 11) is 0. The zero-order valence-corrected chi connectivity index (χ0v) is 14.2. The summed E-state index contributed by atoms with van der Waals surface area (Å²) in [6.07, 6.45) is 3.18. The van der Waals surface area contributed by atoms with Gasteiger partial charge < -0.3 is 4.98 Å². The number of aromatic nitrogens is 1. The minimum atomic E-state index is -0.945. The summed E-state index contributed by atoms with van der Waals surface area (Å²) in [6.45, 7) is 0. The molecular weight excluding hydrogens is 344 g/mol. The molecule has 27 heavy (non-hydrogen) atoms. The number of aromatic amines is 1. The van der Waals surface area contributed by atoms with Gasteiger partial charge in [0, 0.05) is 29.1 Å². The molecule has 4 aromatic rings. The van der Waals surface area contributed by atoms with E-state index < -0.39 is 11.6 Å². The van der Waals surface area contributed by atoms with Crippen molar-refractivity contribution in [1.82, 2.24) is 4.98 Å². The van der Waals surface area contributed by atoms with Crippen molar-refractivity contribution in [3.63, 3.8) is 0 Å². The van der Waals surface area contributed by atoms with E-state index in [0.717, 1.165) is 23.3 Å². The Kier molecular flexibility index (Phi) is 4.38. The van der Waals surface area contributed by atoms with Gasteiger partial charge in [-0.05, 0) is 28.8 Å². The number of hydrogen-bond acceptors (Lipinski definition) is 1. The molecule has 0 aliphatic rings. The van der Waals surface area contributed by atoms with E-state index in [9.17, 15) is 13.6 Å². The molecule has 0 spiro atoms. The summed E-state index contributed by atoms with van der Waals surface area (Å²) in [6, 6.07) is 20.8. The highest BCUT2D eigenvalue weighted by molar-refractivity contribution is 6.12. The van der Waals surface area contributed by atoms with Crippen molar-refractivity contribution in [2.45, 2.75) is 0 Å². The third kappa shape index (κ3) is 3.29. The molecule has 2 nitrogen and oxygen atoms in total. The molecule has 1 N–H and O–H groups in total. The molecule has 0 saturated carbocycles. The van der Waals surface area contributed by atoms with Crippen LogP contribution in [-0.4, -0.2) is 10.8 Å². The van der Waals surface area contributed by atoms with Crippen LogP contribution in [0.5, 0.6) is 0 Å². The van der Waals surface area contributed by atoms with E-state index in [0.29, 0.717) is 22.3 Å². The topological polar surface area (TPSA) is 32.9 Å². The minimum Gasteiger partial charge on any atom is -0.366 e. The molecule has 0 radical (unpaired) electrons. The fraction of sp³-hybridized carbons (Fsp3) is 0. The first kappa shape index (κ1) is 16.9. The fourth-order valence-electron chi connectivity index (χ4n) is 3.05. The number of rotatable bonds is 4. The second-order valence-corrected chi connectivity index (χ2v) is 6.18. The van der Waals surface area contributed by atoms with E-state index >= 15 is 0 Å². The number of ketones is 1. The van der Waals surface area contributed by atoms with E-state index in [1.54, 1.807) is 24.5 Å². The molecule has 0 unspecified atom stereocenters. The maximum Gasteiger partial charge on any atom is 0.195 e. The van der Waals surface area contributed by atoms with Crippen LogP contribution in [0, 0.1) is 11.6 Å². The van der Waals surface area contributed by atoms with Gasteiger partial charge in [-0.1, -0.05) is 60.7 Å². The summed E-state index contributed by atoms with van der Waals surface area (Å²) in [5.41, 5.74) is 4.00. The lowest BCUT2D eigenvalue weighted by Gasteiger charge is -2.06. The van der Waals surface area contributed by atoms with Crippen molar-refractivity contribution in [3.8, 4) is 22.3 Å². The molecule has 0 atom stereocenters. The van der Waals surface area contributed by atoms with Crippen LogP contribution in [0.2, 0.25) is 0 Å². The number of benzene rings is 3. The third-order valence-corrected chi connectivity index (χ3v) is 4.47. The zero-order chi connectivity index (χ0) is 18.8. The number of hydrogen-bond donors (Lipinski definition) is 1. The van der Waals surface area contributed by atoms with Gasteiger partial charge in [-0.15, -0.1) is 0 Å². The number of halogens is 2. The van der Waals surface area contributed by atoms with Crippen LogP contribution in [0.25, 0.3) is 22.3 Å². The van der Waals surface area contributed by atoms with Gasteiger partial charge in [0.25, 0.3) is 0 Å². The van der Waals surface area contributed by atoms with Crippen molar-refractivity contribution in [1.29, 1.82) is 0 Å². The van der Waals surface area contributed by atoms with Gasteiger partial charge in [-0.25, -0.2) is 8.78 Å². The minimum absolute atomic E-state index is 0.185. The van der Waals surface area contributed by atoms with E-state index in [1.165, 1.54) is 6.07 Å². The highest BCUT2D eigenvalue weighted by Crippen LogP contribution is 2.28. The largest absolute Gasteiger partial charge is 0.366 e. The van der Waals surface area contributed by atoms with Crippen molar-refractivity contribution in [3.05, 3.63) is 108 Å². The van der Waals surface area contributed by atoms with E-state index in [4.69, 9.17) is 0 Å². The van der Waals surface area contributed by atoms with Crippen LogP contribution in [-0.2, 0) is 0 Å². The van der Waals surface area contributed by atoms with Gasteiger partial charge in [0.05, 0.1) is 0 Å². The van der Waals surface area contributed by atoms with Crippen LogP contribution in [0.4, 0.5) is 8.78 Å². The van der Waals surface area contributed by atoms with Gasteiger partial charge in [-0.3, -0.25) is 4.79 Å². The maximum absolute atomic E-state index is 13.6. The lowest BCUT2D eigenvalue weighted by molar-refractivity contribution is 0.103. The Labute approximate surface area is 155 Å². The van der Waals surface area contributed by atoms with E-state index in [2.05, 4.69) is 4.98 Å². The summed E-state index contributed by atoms with van der Waals surface area (Å²) in [4.78, 5) is 15.8. The summed E-state index contributed by atoms with van der Waals surface area (Å²) in [5.74, 6) is -2.05. The molecule has 4 rings (SSSR count). The van der Waals surface area contributed by atoms with Crippen molar-refractivity contribution >= 4 is 5.78 Å². The lowest BCUT2D eigenvalue weighted by atomic mass is 9.96. The molecule has 132 valence electrons. The van der Waals surface area contributed by atoms with Gasteiger partial charge in [0.2, 0.25) is 0 Å². The van der Waals surface area contributed by atoms with E-state index in [-0.39, 0.29) is 5.78 Å². The molecule has 4 heteroatoms. The third-order valence-electron chi connectivity index (χ3n) is 4.47. The molecule has 0 aliphatic heterocycles. The second kappa shape index (κ2) is 7.00. The number of carbonyl (C=O) groups is 1. The van der Waals surface area contributed by atoms with Gasteiger partial charge in [0.15, 0.2) is 17.4 Å². The summed E-state index contributed by atoms with van der Waals surface area (Å²) in [5, 5.41) is 0. The van der Waals surface area contributed by atoms with Gasteiger partial charge >= 0.3 is 0 Å². The van der Waals surface area contributed by atoms with Crippen molar-refractivity contribution < 1.29 is 13.6 Å². The van der Waals surface area contributed by atoms with Crippen LogP contribution in [0.15, 0.2) is 85.2 Å². The monoisotopic (exact) mass is 359 g/mol. The molecule has 0 bridgehead atoms. The Bertz CT molecular complexity index is 1100. The molecule has 3 aromatic carbocycles. The predicted molar refractivity (Wildman–Crippen MR) is 101 cm³/mol. The average Bonchev–Trinajstić information content (AvgIpc) is 3.20. The van der Waals surface area contributed by atoms with Crippen molar-refractivity contribution in [2.24, 2.45) is 0 Å². The average molecular weight is 359 g/mol. The molecule has 1 heterocycles. The standard InChI is InChI=1S/C23H15F2NO/c24-21-11-10-18(12-22(21)25)19-13-26-14-20(19)23(27)17-8-6-16(7-9-17)15-4-2-1-3-5-15/h1-14,26H. The highest BCUT2D eigenvalue weighted by atomic mass is 19.2. The number of H-pyrrole nitrogens is 1. The number of carbonyl (C=O) groups excluding carboxylic acids is 1. The quantitative estimate of drug-likeness (QED) is 0.455. The maximum atomic E-state index is 13.6. The molecule has 0 amide bonds. The lowest BCUT2D eigenvalue weighted by Crippen LogP contribution is -2.01. The molecular formula is C23H15F2NO. The zero-order valence-electron chi connectivity index (χ0n) is 14.2. The Morgan fingerprint density at radius 1 is 0.704 bits per heavy atom. The normalized spacial score (nSPS) is 10.7. The smallest absolute Gasteiger partial charge is 0.195 e. The van der Waals surface area contributed by atoms with Crippen LogP contribution in [0.1, 0.15) is 15.9 Å². The SMILES string of the molecule is O=C(c1ccc(-c2ccccc2)cc1)c1c[nH]cc1-c1ccc(F)c(F)c1. The molecule has 0 saturated heterocycles. The van der Waals surface area contributed by atoms with Crippen LogP contribution >= 0.6 is 0 Å². The highest BCUT2D eigenvalue weighted by Gasteiger charge is 2.17. The first-order chi connectivity index (χ1) is 13.1. The summed E-state index contributed by atoms with van der Waals surface area (Å²) < 4.78 is 26.8. The Morgan fingerprint density at radius 3 is 2.07 bits per heavy atom. The number of nitrogens with one attached hydrogen (secondary N) is 1. The van der Waals surface area contributed by atoms with Crippen LogP contribution in [0.3, 0.4) is 0 Å². The Balaban J connectivity index is 1.66. The van der Waals surface area contributed by atoms with E-state index in [1.807, 2.05) is 42.5 Å². The fourth-order valence-corrected chi connectivity index (χ4v) is 3.05. The predicted octanol–water partition coefficient (Wildman–Crippen LogP) is 5.86.